The van der Waals surface area contributed by atoms with Gasteiger partial charge in [0.1, 0.15) is 0 Å². The largest absolute Gasteiger partial charge is 0.329 e. The summed E-state index contributed by atoms with van der Waals surface area (Å²) in [5.41, 5.74) is 9.01. The maximum Gasteiger partial charge on any atom is 0.237 e. The third kappa shape index (κ3) is 1.43. The molecule has 1 saturated carbocycles. The number of nitrogens with two attached hydrogens (primary N) is 1. The average molecular weight is 244 g/mol. The van der Waals surface area contributed by atoms with Crippen molar-refractivity contribution < 1.29 is 4.79 Å². The van der Waals surface area contributed by atoms with Gasteiger partial charge >= 0.3 is 0 Å². The van der Waals surface area contributed by atoms with Gasteiger partial charge in [-0.3, -0.25) is 4.79 Å². The summed E-state index contributed by atoms with van der Waals surface area (Å²) in [6.45, 7) is 3.25. The molecule has 0 unspecified atom stereocenters. The van der Waals surface area contributed by atoms with Crippen LogP contribution in [0.15, 0.2) is 18.2 Å². The third-order valence-corrected chi connectivity index (χ3v) is 4.42. The predicted octanol–water partition coefficient (Wildman–Crippen LogP) is 2.11. The number of benzene rings is 1. The third-order valence-electron chi connectivity index (χ3n) is 4.42. The number of carbonyl (C=O) groups excluding carboxylic acids is 1. The van der Waals surface area contributed by atoms with Crippen LogP contribution >= 0.6 is 0 Å². The van der Waals surface area contributed by atoms with Crippen LogP contribution in [0.25, 0.3) is 0 Å². The molecule has 1 fully saturated rings. The molecule has 3 rings (SSSR count). The fourth-order valence-corrected chi connectivity index (χ4v) is 3.56. The summed E-state index contributed by atoms with van der Waals surface area (Å²) < 4.78 is 0. The van der Waals surface area contributed by atoms with Gasteiger partial charge in [0.15, 0.2) is 0 Å². The van der Waals surface area contributed by atoms with Gasteiger partial charge in [0.25, 0.3) is 0 Å². The van der Waals surface area contributed by atoms with Gasteiger partial charge in [0.05, 0.1) is 5.41 Å². The molecule has 1 aromatic rings. The maximum atomic E-state index is 12.8. The average Bonchev–Trinajstić information content (AvgIpc) is 2.92. The molecule has 1 amide bonds. The molecule has 1 heterocycles. The van der Waals surface area contributed by atoms with Gasteiger partial charge in [0, 0.05) is 18.8 Å². The molecule has 1 aliphatic heterocycles. The number of hydrogen-bond acceptors (Lipinski definition) is 2. The van der Waals surface area contributed by atoms with Crippen LogP contribution in [0.3, 0.4) is 0 Å². The molecule has 1 spiro atoms. The molecule has 0 aromatic heterocycles. The fourth-order valence-electron chi connectivity index (χ4n) is 3.56. The highest BCUT2D eigenvalue weighted by Gasteiger charge is 2.51. The van der Waals surface area contributed by atoms with Crippen molar-refractivity contribution in [3.8, 4) is 0 Å². The highest BCUT2D eigenvalue weighted by atomic mass is 16.2. The minimum Gasteiger partial charge on any atom is -0.329 e. The first-order chi connectivity index (χ1) is 8.69. The van der Waals surface area contributed by atoms with Crippen LogP contribution in [0.1, 0.15) is 36.8 Å². The molecule has 2 aliphatic rings. The molecule has 0 atom stereocenters. The summed E-state index contributed by atoms with van der Waals surface area (Å²) in [6, 6.07) is 6.38. The first-order valence-electron chi connectivity index (χ1n) is 6.82. The SMILES string of the molecule is Cc1ccc2c(c1)C1(CCCC1)C(=O)N2CCN. The van der Waals surface area contributed by atoms with Crippen LogP contribution in [-0.4, -0.2) is 19.0 Å². The lowest BCUT2D eigenvalue weighted by molar-refractivity contribution is -0.123. The Morgan fingerprint density at radius 2 is 2.06 bits per heavy atom. The highest BCUT2D eigenvalue weighted by molar-refractivity contribution is 6.08. The Bertz CT molecular complexity index is 489. The van der Waals surface area contributed by atoms with Crippen LogP contribution < -0.4 is 10.6 Å². The van der Waals surface area contributed by atoms with Gasteiger partial charge in [-0.1, -0.05) is 30.5 Å². The molecule has 1 aliphatic carbocycles. The molecule has 0 bridgehead atoms. The normalized spacial score (nSPS) is 20.8. The molecular formula is C15H20N2O. The van der Waals surface area contributed by atoms with E-state index in [1.165, 1.54) is 11.1 Å². The minimum atomic E-state index is -0.226. The van der Waals surface area contributed by atoms with E-state index in [-0.39, 0.29) is 11.3 Å². The Morgan fingerprint density at radius 3 is 2.72 bits per heavy atom. The second-order valence-corrected chi connectivity index (χ2v) is 5.56. The van der Waals surface area contributed by atoms with Gasteiger partial charge in [-0.2, -0.15) is 0 Å². The van der Waals surface area contributed by atoms with Crippen molar-refractivity contribution in [3.05, 3.63) is 29.3 Å². The van der Waals surface area contributed by atoms with Crippen LogP contribution in [0.4, 0.5) is 5.69 Å². The lowest BCUT2D eigenvalue weighted by Crippen LogP contribution is -2.40. The number of anilines is 1. The molecule has 3 heteroatoms. The molecule has 2 N–H and O–H groups in total. The molecular weight excluding hydrogens is 224 g/mol. The van der Waals surface area contributed by atoms with Crippen molar-refractivity contribution in [1.82, 2.24) is 0 Å². The monoisotopic (exact) mass is 244 g/mol. The Hall–Kier alpha value is -1.35. The quantitative estimate of drug-likeness (QED) is 0.866. The smallest absolute Gasteiger partial charge is 0.237 e. The van der Waals surface area contributed by atoms with E-state index in [9.17, 15) is 4.79 Å². The number of rotatable bonds is 2. The van der Waals surface area contributed by atoms with E-state index in [2.05, 4.69) is 25.1 Å². The van der Waals surface area contributed by atoms with E-state index < -0.39 is 0 Å². The van der Waals surface area contributed by atoms with Crippen molar-refractivity contribution >= 4 is 11.6 Å². The number of fused-ring (bicyclic) bond motifs is 2. The summed E-state index contributed by atoms with van der Waals surface area (Å²) >= 11 is 0. The van der Waals surface area contributed by atoms with E-state index in [0.29, 0.717) is 13.1 Å². The molecule has 96 valence electrons. The van der Waals surface area contributed by atoms with Crippen molar-refractivity contribution in [3.63, 3.8) is 0 Å². The number of amides is 1. The zero-order valence-electron chi connectivity index (χ0n) is 10.9. The molecule has 0 saturated heterocycles. The number of hydrogen-bond donors (Lipinski definition) is 1. The van der Waals surface area contributed by atoms with Gasteiger partial charge in [-0.05, 0) is 31.4 Å². The molecule has 1 aromatic carbocycles. The topological polar surface area (TPSA) is 46.3 Å². The van der Waals surface area contributed by atoms with Gasteiger partial charge in [-0.15, -0.1) is 0 Å². The lowest BCUT2D eigenvalue weighted by atomic mass is 9.79. The van der Waals surface area contributed by atoms with Crippen LogP contribution in [-0.2, 0) is 10.2 Å². The zero-order chi connectivity index (χ0) is 12.8. The summed E-state index contributed by atoms with van der Waals surface area (Å²) in [4.78, 5) is 14.7. The van der Waals surface area contributed by atoms with E-state index in [1.54, 1.807) is 0 Å². The Kier molecular flexibility index (Phi) is 2.67. The maximum absolute atomic E-state index is 12.8. The molecule has 3 nitrogen and oxygen atoms in total. The first-order valence-corrected chi connectivity index (χ1v) is 6.82. The van der Waals surface area contributed by atoms with E-state index >= 15 is 0 Å². The zero-order valence-corrected chi connectivity index (χ0v) is 10.9. The van der Waals surface area contributed by atoms with Crippen LogP contribution in [0, 0.1) is 6.92 Å². The Morgan fingerprint density at radius 1 is 1.33 bits per heavy atom. The standard InChI is InChI=1S/C15H20N2O/c1-11-4-5-13-12(10-11)15(6-2-3-7-15)14(18)17(13)9-8-16/h4-5,10H,2-3,6-9,16H2,1H3. The van der Waals surface area contributed by atoms with Crippen LogP contribution in [0.2, 0.25) is 0 Å². The molecule has 18 heavy (non-hydrogen) atoms. The van der Waals surface area contributed by atoms with E-state index in [4.69, 9.17) is 5.73 Å². The van der Waals surface area contributed by atoms with Gasteiger partial charge < -0.3 is 10.6 Å². The van der Waals surface area contributed by atoms with E-state index in [0.717, 1.165) is 31.4 Å². The first kappa shape index (κ1) is 11.7. The summed E-state index contributed by atoms with van der Waals surface area (Å²) in [7, 11) is 0. The lowest BCUT2D eigenvalue weighted by Gasteiger charge is -2.23. The number of carbonyl (C=O) groups is 1. The second-order valence-electron chi connectivity index (χ2n) is 5.56. The summed E-state index contributed by atoms with van der Waals surface area (Å²) in [6.07, 6.45) is 4.33. The van der Waals surface area contributed by atoms with Crippen molar-refractivity contribution in [2.75, 3.05) is 18.0 Å². The number of aryl methyl sites for hydroxylation is 1. The van der Waals surface area contributed by atoms with Gasteiger partial charge in [-0.25, -0.2) is 0 Å². The highest BCUT2D eigenvalue weighted by Crippen LogP contribution is 2.51. The number of nitrogens with zero attached hydrogens (tertiary/aromatic N) is 1. The van der Waals surface area contributed by atoms with Crippen molar-refractivity contribution in [1.29, 1.82) is 0 Å². The molecule has 0 radical (unpaired) electrons. The Balaban J connectivity index is 2.14. The predicted molar refractivity (Wildman–Crippen MR) is 72.7 cm³/mol. The van der Waals surface area contributed by atoms with Crippen molar-refractivity contribution in [2.45, 2.75) is 38.0 Å². The van der Waals surface area contributed by atoms with Crippen molar-refractivity contribution in [2.24, 2.45) is 5.73 Å². The second kappa shape index (κ2) is 4.09. The summed E-state index contributed by atoms with van der Waals surface area (Å²) in [5, 5.41) is 0. The summed E-state index contributed by atoms with van der Waals surface area (Å²) in [5.74, 6) is 0.283. The van der Waals surface area contributed by atoms with E-state index in [1.807, 2.05) is 4.90 Å². The Labute approximate surface area is 108 Å². The van der Waals surface area contributed by atoms with Gasteiger partial charge in [0.2, 0.25) is 5.91 Å². The fraction of sp³-hybridized carbons (Fsp3) is 0.533. The van der Waals surface area contributed by atoms with Crippen LogP contribution in [0.5, 0.6) is 0 Å². The minimum absolute atomic E-state index is 0.226.